The van der Waals surface area contributed by atoms with E-state index in [1.807, 2.05) is 24.3 Å². The molecule has 2 aliphatic heterocycles. The number of benzene rings is 3. The highest BCUT2D eigenvalue weighted by Gasteiger charge is 2.72. The van der Waals surface area contributed by atoms with Gasteiger partial charge < -0.3 is 9.64 Å². The molecule has 1 aliphatic carbocycles. The maximum Gasteiger partial charge on any atom is 0.308 e. The standard InChI is InChI=1S/C27H23NO2/c1-19-16-27(21-12-6-3-7-13-21)26(17-24(29)30-27)22-14-8-9-15-23(22)28(25(19)26)18-20-10-4-2-5-11-20/h2-16,25H,17-18H2,1H3/t25-,26-,27+/m0/s1. The summed E-state index contributed by atoms with van der Waals surface area (Å²) in [6, 6.07) is 29.5. The van der Waals surface area contributed by atoms with E-state index in [9.17, 15) is 4.79 Å². The fourth-order valence-corrected chi connectivity index (χ4v) is 6.15. The smallest absolute Gasteiger partial charge is 0.308 e. The molecule has 0 aromatic heterocycles. The molecule has 3 atom stereocenters. The number of carbonyl (C=O) groups excluding carboxylic acids is 1. The molecule has 3 heteroatoms. The van der Waals surface area contributed by atoms with Gasteiger partial charge in [0.05, 0.1) is 17.9 Å². The number of rotatable bonds is 3. The van der Waals surface area contributed by atoms with Crippen LogP contribution in [0.3, 0.4) is 0 Å². The molecular weight excluding hydrogens is 370 g/mol. The van der Waals surface area contributed by atoms with Crippen LogP contribution in [0.5, 0.6) is 0 Å². The molecule has 3 nitrogen and oxygen atoms in total. The largest absolute Gasteiger partial charge is 0.449 e. The quantitative estimate of drug-likeness (QED) is 0.457. The average molecular weight is 393 g/mol. The van der Waals surface area contributed by atoms with Crippen molar-refractivity contribution in [3.05, 3.63) is 113 Å². The number of fused-ring (bicyclic) bond motifs is 1. The van der Waals surface area contributed by atoms with Crippen molar-refractivity contribution < 1.29 is 9.53 Å². The monoisotopic (exact) mass is 393 g/mol. The Bertz CT molecular complexity index is 1170. The summed E-state index contributed by atoms with van der Waals surface area (Å²) in [6.45, 7) is 2.99. The maximum atomic E-state index is 12.9. The predicted octanol–water partition coefficient (Wildman–Crippen LogP) is 5.12. The highest BCUT2D eigenvalue weighted by molar-refractivity contribution is 5.84. The Morgan fingerprint density at radius 3 is 2.37 bits per heavy atom. The lowest BCUT2D eigenvalue weighted by atomic mass is 9.65. The molecule has 1 fully saturated rings. The Morgan fingerprint density at radius 2 is 1.60 bits per heavy atom. The fourth-order valence-electron chi connectivity index (χ4n) is 6.15. The van der Waals surface area contributed by atoms with Crippen LogP contribution < -0.4 is 4.90 Å². The molecule has 0 unspecified atom stereocenters. The summed E-state index contributed by atoms with van der Waals surface area (Å²) in [5.74, 6) is -0.121. The van der Waals surface area contributed by atoms with Crippen LogP contribution in [0, 0.1) is 0 Å². The molecule has 3 aliphatic rings. The molecule has 2 heterocycles. The van der Waals surface area contributed by atoms with Crippen molar-refractivity contribution in [2.45, 2.75) is 36.9 Å². The average Bonchev–Trinajstić information content (AvgIpc) is 3.31. The van der Waals surface area contributed by atoms with E-state index in [1.165, 1.54) is 22.4 Å². The van der Waals surface area contributed by atoms with E-state index in [0.717, 1.165) is 12.1 Å². The Hall–Kier alpha value is -3.33. The van der Waals surface area contributed by atoms with Crippen LogP contribution in [-0.4, -0.2) is 12.0 Å². The van der Waals surface area contributed by atoms with Crippen LogP contribution in [-0.2, 0) is 27.1 Å². The Morgan fingerprint density at radius 1 is 0.933 bits per heavy atom. The van der Waals surface area contributed by atoms with Crippen molar-refractivity contribution in [2.75, 3.05) is 4.90 Å². The zero-order valence-corrected chi connectivity index (χ0v) is 16.9. The molecule has 0 saturated carbocycles. The van der Waals surface area contributed by atoms with Gasteiger partial charge in [-0.05, 0) is 35.8 Å². The van der Waals surface area contributed by atoms with Gasteiger partial charge in [0.1, 0.15) is 0 Å². The zero-order valence-electron chi connectivity index (χ0n) is 16.9. The lowest BCUT2D eigenvalue weighted by molar-refractivity contribution is -0.146. The molecule has 0 N–H and O–H groups in total. The highest BCUT2D eigenvalue weighted by atomic mass is 16.6. The minimum Gasteiger partial charge on any atom is -0.449 e. The third-order valence-corrected chi connectivity index (χ3v) is 7.09. The van der Waals surface area contributed by atoms with Crippen molar-refractivity contribution >= 4 is 11.7 Å². The van der Waals surface area contributed by atoms with E-state index in [1.54, 1.807) is 0 Å². The molecule has 0 radical (unpaired) electrons. The SMILES string of the molecule is CC1=C[C@]2(c3ccccc3)OC(=O)C[C@@]23c2ccccc2N(Cc2ccccc2)[C@@H]13. The minimum atomic E-state index is -0.762. The van der Waals surface area contributed by atoms with Gasteiger partial charge in [0.15, 0.2) is 5.60 Å². The van der Waals surface area contributed by atoms with Crippen molar-refractivity contribution in [1.29, 1.82) is 0 Å². The molecule has 0 amide bonds. The van der Waals surface area contributed by atoms with Gasteiger partial charge in [0.25, 0.3) is 0 Å². The van der Waals surface area contributed by atoms with Crippen molar-refractivity contribution in [3.8, 4) is 0 Å². The van der Waals surface area contributed by atoms with Crippen LogP contribution in [0.15, 0.2) is 96.6 Å². The van der Waals surface area contributed by atoms with Crippen LogP contribution in [0.2, 0.25) is 0 Å². The van der Waals surface area contributed by atoms with Crippen molar-refractivity contribution in [3.63, 3.8) is 0 Å². The Balaban J connectivity index is 1.60. The minimum absolute atomic E-state index is 0.0850. The van der Waals surface area contributed by atoms with Gasteiger partial charge in [0.2, 0.25) is 0 Å². The fraction of sp³-hybridized carbons (Fsp3) is 0.222. The molecule has 3 aromatic carbocycles. The molecule has 1 spiro atoms. The normalized spacial score (nSPS) is 28.6. The van der Waals surface area contributed by atoms with Crippen LogP contribution in [0.4, 0.5) is 5.69 Å². The van der Waals surface area contributed by atoms with E-state index in [0.29, 0.717) is 6.42 Å². The number of anilines is 1. The van der Waals surface area contributed by atoms with Crippen LogP contribution in [0.25, 0.3) is 0 Å². The summed E-state index contributed by atoms with van der Waals surface area (Å²) in [5, 5.41) is 0. The number of carbonyl (C=O) groups is 1. The molecule has 0 bridgehead atoms. The van der Waals surface area contributed by atoms with Crippen molar-refractivity contribution in [1.82, 2.24) is 0 Å². The first-order valence-corrected chi connectivity index (χ1v) is 10.5. The van der Waals surface area contributed by atoms with E-state index >= 15 is 0 Å². The summed E-state index contributed by atoms with van der Waals surface area (Å²) < 4.78 is 6.25. The maximum absolute atomic E-state index is 12.9. The van der Waals surface area contributed by atoms with Gasteiger partial charge in [0, 0.05) is 17.8 Å². The number of hydrogen-bond acceptors (Lipinski definition) is 3. The van der Waals surface area contributed by atoms with E-state index in [-0.39, 0.29) is 12.0 Å². The number of ether oxygens (including phenoxy) is 1. The van der Waals surface area contributed by atoms with Gasteiger partial charge in [-0.3, -0.25) is 4.79 Å². The summed E-state index contributed by atoms with van der Waals surface area (Å²) in [4.78, 5) is 15.4. The Labute approximate surface area is 176 Å². The third-order valence-electron chi connectivity index (χ3n) is 7.09. The van der Waals surface area contributed by atoms with Gasteiger partial charge in [-0.2, -0.15) is 0 Å². The predicted molar refractivity (Wildman–Crippen MR) is 117 cm³/mol. The molecular formula is C27H23NO2. The summed E-state index contributed by atoms with van der Waals surface area (Å²) in [6.07, 6.45) is 2.61. The third kappa shape index (κ3) is 2.07. The van der Waals surface area contributed by atoms with Crippen molar-refractivity contribution in [2.24, 2.45) is 0 Å². The van der Waals surface area contributed by atoms with E-state index in [2.05, 4.69) is 78.6 Å². The summed E-state index contributed by atoms with van der Waals surface area (Å²) in [5.41, 5.74) is 4.79. The van der Waals surface area contributed by atoms with Gasteiger partial charge in [-0.15, -0.1) is 0 Å². The second-order valence-corrected chi connectivity index (χ2v) is 8.65. The summed E-state index contributed by atoms with van der Waals surface area (Å²) in [7, 11) is 0. The number of hydrogen-bond donors (Lipinski definition) is 0. The van der Waals surface area contributed by atoms with Gasteiger partial charge in [-0.25, -0.2) is 0 Å². The highest BCUT2D eigenvalue weighted by Crippen LogP contribution is 2.67. The lowest BCUT2D eigenvalue weighted by Crippen LogP contribution is -2.50. The first-order chi connectivity index (χ1) is 14.7. The second kappa shape index (κ2) is 6.09. The number of nitrogens with zero attached hydrogens (tertiary/aromatic N) is 1. The molecule has 6 rings (SSSR count). The van der Waals surface area contributed by atoms with Crippen LogP contribution >= 0.6 is 0 Å². The topological polar surface area (TPSA) is 29.5 Å². The Kier molecular flexibility index (Phi) is 3.55. The molecule has 1 saturated heterocycles. The second-order valence-electron chi connectivity index (χ2n) is 8.65. The lowest BCUT2D eigenvalue weighted by Gasteiger charge is -2.40. The zero-order chi connectivity index (χ0) is 20.3. The molecule has 30 heavy (non-hydrogen) atoms. The first kappa shape index (κ1) is 17.5. The van der Waals surface area contributed by atoms with Gasteiger partial charge >= 0.3 is 5.97 Å². The number of esters is 1. The molecule has 148 valence electrons. The van der Waals surface area contributed by atoms with E-state index in [4.69, 9.17) is 4.74 Å². The number of para-hydroxylation sites is 1. The van der Waals surface area contributed by atoms with Gasteiger partial charge in [-0.1, -0.05) is 78.9 Å². The molecule has 3 aromatic rings. The first-order valence-electron chi connectivity index (χ1n) is 10.5. The van der Waals surface area contributed by atoms with E-state index < -0.39 is 11.0 Å². The summed E-state index contributed by atoms with van der Waals surface area (Å²) >= 11 is 0. The van der Waals surface area contributed by atoms with Crippen LogP contribution in [0.1, 0.15) is 30.0 Å².